The highest BCUT2D eigenvalue weighted by Crippen LogP contribution is 2.22. The Bertz CT molecular complexity index is 1730. The minimum absolute atomic E-state index is 0.0733. The second-order valence-corrected chi connectivity index (χ2v) is 16.3. The first kappa shape index (κ1) is 53.2. The molecule has 2 fully saturated rings. The summed E-state index contributed by atoms with van der Waals surface area (Å²) < 4.78 is 0. The number of likely N-dealkylation sites (tertiary alicyclic amines) is 2. The molecular formula is C39H64N10O14. The molecule has 2 aliphatic heterocycles. The van der Waals surface area contributed by atoms with Gasteiger partial charge in [0.1, 0.15) is 36.3 Å². The minimum atomic E-state index is -1.71. The van der Waals surface area contributed by atoms with Crippen molar-refractivity contribution in [3.05, 3.63) is 0 Å². The molecule has 0 aliphatic carbocycles. The molecule has 63 heavy (non-hydrogen) atoms. The van der Waals surface area contributed by atoms with Crippen LogP contribution in [0.5, 0.6) is 0 Å². The van der Waals surface area contributed by atoms with E-state index in [0.29, 0.717) is 19.3 Å². The summed E-state index contributed by atoms with van der Waals surface area (Å²) >= 11 is 0. The lowest BCUT2D eigenvalue weighted by Gasteiger charge is -2.30. The van der Waals surface area contributed by atoms with Gasteiger partial charge in [-0.3, -0.25) is 47.9 Å². The van der Waals surface area contributed by atoms with Crippen LogP contribution >= 0.6 is 0 Å². The van der Waals surface area contributed by atoms with Crippen LogP contribution in [-0.4, -0.2) is 164 Å². The summed E-state index contributed by atoms with van der Waals surface area (Å²) in [5.74, 6) is -11.0. The van der Waals surface area contributed by atoms with Crippen molar-refractivity contribution in [2.75, 3.05) is 19.6 Å². The third-order valence-corrected chi connectivity index (χ3v) is 11.0. The molecule has 13 N–H and O–H groups in total. The number of amides is 9. The van der Waals surface area contributed by atoms with Gasteiger partial charge in [0, 0.05) is 19.5 Å². The molecule has 10 atom stereocenters. The summed E-state index contributed by atoms with van der Waals surface area (Å²) in [6.07, 6.45) is -1.38. The topological polar surface area (TPSA) is 379 Å². The maximum absolute atomic E-state index is 13.7. The maximum Gasteiger partial charge on any atom is 0.328 e. The van der Waals surface area contributed by atoms with Crippen LogP contribution in [0.3, 0.4) is 0 Å². The molecule has 2 rings (SSSR count). The third kappa shape index (κ3) is 15.7. The van der Waals surface area contributed by atoms with Crippen molar-refractivity contribution in [2.45, 2.75) is 147 Å². The molecule has 24 nitrogen and oxygen atoms in total. The van der Waals surface area contributed by atoms with Crippen LogP contribution in [0.1, 0.15) is 92.9 Å². The van der Waals surface area contributed by atoms with Crippen molar-refractivity contribution in [1.29, 1.82) is 0 Å². The number of nitrogens with one attached hydrogen (secondary N) is 6. The Balaban J connectivity index is 2.15. The maximum atomic E-state index is 13.7. The van der Waals surface area contributed by atoms with Crippen molar-refractivity contribution >= 4 is 65.1 Å². The van der Waals surface area contributed by atoms with Gasteiger partial charge in [-0.1, -0.05) is 34.1 Å². The normalized spacial score (nSPS) is 19.8. The minimum Gasteiger partial charge on any atom is -0.481 e. The summed E-state index contributed by atoms with van der Waals surface area (Å²) in [7, 11) is 0. The van der Waals surface area contributed by atoms with Crippen LogP contribution in [0.2, 0.25) is 0 Å². The average molecular weight is 897 g/mol. The number of hydrogen-bond donors (Lipinski definition) is 11. The van der Waals surface area contributed by atoms with Crippen LogP contribution in [-0.2, 0) is 52.7 Å². The average Bonchev–Trinajstić information content (AvgIpc) is 3.91. The van der Waals surface area contributed by atoms with Gasteiger partial charge < -0.3 is 68.5 Å². The lowest BCUT2D eigenvalue weighted by Crippen LogP contribution is -2.60. The fourth-order valence-corrected chi connectivity index (χ4v) is 7.08. The van der Waals surface area contributed by atoms with Gasteiger partial charge in [-0.25, -0.2) is 4.79 Å². The van der Waals surface area contributed by atoms with E-state index < -0.39 is 151 Å². The Kier molecular flexibility index (Phi) is 20.8. The molecule has 0 aromatic heterocycles. The first-order chi connectivity index (χ1) is 29.4. The molecule has 0 aromatic rings. The predicted molar refractivity (Wildman–Crippen MR) is 220 cm³/mol. The van der Waals surface area contributed by atoms with E-state index in [4.69, 9.17) is 11.5 Å². The highest BCUT2D eigenvalue weighted by Gasteiger charge is 2.41. The first-order valence-corrected chi connectivity index (χ1v) is 21.0. The van der Waals surface area contributed by atoms with Crippen molar-refractivity contribution in [3.8, 4) is 0 Å². The largest absolute Gasteiger partial charge is 0.481 e. The van der Waals surface area contributed by atoms with E-state index in [1.165, 1.54) is 16.7 Å². The van der Waals surface area contributed by atoms with Crippen LogP contribution in [0.4, 0.5) is 0 Å². The fraction of sp³-hybridized carbons (Fsp3) is 0.718. The number of carbonyl (C=O) groups excluding carboxylic acids is 9. The van der Waals surface area contributed by atoms with Crippen molar-refractivity contribution in [3.63, 3.8) is 0 Å². The number of carboxylic acids is 2. The number of aliphatic carboxylic acids is 2. The van der Waals surface area contributed by atoms with E-state index in [1.54, 1.807) is 20.8 Å². The van der Waals surface area contributed by atoms with Gasteiger partial charge >= 0.3 is 11.9 Å². The number of hydrogen-bond acceptors (Lipinski definition) is 13. The van der Waals surface area contributed by atoms with E-state index >= 15 is 0 Å². The molecule has 2 aliphatic rings. The Hall–Kier alpha value is -5.91. The van der Waals surface area contributed by atoms with Crippen LogP contribution < -0.4 is 43.4 Å². The number of aliphatic hydroxyl groups excluding tert-OH is 1. The van der Waals surface area contributed by atoms with Gasteiger partial charge in [-0.15, -0.1) is 0 Å². The van der Waals surface area contributed by atoms with Gasteiger partial charge in [0.15, 0.2) is 6.04 Å². The zero-order valence-corrected chi connectivity index (χ0v) is 36.5. The summed E-state index contributed by atoms with van der Waals surface area (Å²) in [6, 6.07) is -10.4. The van der Waals surface area contributed by atoms with Gasteiger partial charge in [-0.05, 0) is 57.8 Å². The molecule has 0 bridgehead atoms. The van der Waals surface area contributed by atoms with Gasteiger partial charge in [-0.2, -0.15) is 0 Å². The fourth-order valence-electron chi connectivity index (χ4n) is 7.08. The predicted octanol–water partition coefficient (Wildman–Crippen LogP) is -4.24. The van der Waals surface area contributed by atoms with Crippen molar-refractivity contribution in [2.24, 2.45) is 23.3 Å². The van der Waals surface area contributed by atoms with Crippen LogP contribution in [0.25, 0.3) is 0 Å². The highest BCUT2D eigenvalue weighted by molar-refractivity contribution is 5.99. The monoisotopic (exact) mass is 896 g/mol. The molecule has 9 amide bonds. The summed E-state index contributed by atoms with van der Waals surface area (Å²) in [4.78, 5) is 144. The van der Waals surface area contributed by atoms with E-state index in [1.807, 2.05) is 6.92 Å². The van der Waals surface area contributed by atoms with Crippen LogP contribution in [0.15, 0.2) is 0 Å². The molecule has 24 heteroatoms. The zero-order valence-electron chi connectivity index (χ0n) is 36.5. The van der Waals surface area contributed by atoms with Crippen LogP contribution in [0, 0.1) is 11.8 Å². The molecule has 0 unspecified atom stereocenters. The van der Waals surface area contributed by atoms with Gasteiger partial charge in [0.2, 0.25) is 53.2 Å². The quantitative estimate of drug-likeness (QED) is 0.0437. The number of carbonyl (C=O) groups is 11. The van der Waals surface area contributed by atoms with Crippen molar-refractivity contribution in [1.82, 2.24) is 41.7 Å². The standard InChI is InChI=1S/C39H64N10O14/c1-7-19(4)29(41)38(61)49-15-9-10-24(49)34(57)44-22(12-13-28(53)54)32(55)45-23(16-26(40)51)33(56)43-20(5)37(60)48-14-8-11-25(48)35(58)47-30(18(2)3)36(59)42-17-27(52)46-31(21(6)50)39(62)63/h18-25,29-31,50H,7-17,41H2,1-6H3,(H2,40,51)(H,42,59)(H,43,56)(H,44,57)(H,45,55)(H,46,52)(H,47,58)(H,53,54)(H,62,63)/t19-,20-,21+,22-,23-,24-,25-,29-,30-,31-/m0/s1. The van der Waals surface area contributed by atoms with E-state index in [9.17, 15) is 68.1 Å². The smallest absolute Gasteiger partial charge is 0.328 e. The van der Waals surface area contributed by atoms with Gasteiger partial charge in [0.05, 0.1) is 25.1 Å². The van der Waals surface area contributed by atoms with Gasteiger partial charge in [0.25, 0.3) is 0 Å². The number of rotatable bonds is 24. The third-order valence-electron chi connectivity index (χ3n) is 11.0. The Morgan fingerprint density at radius 1 is 0.698 bits per heavy atom. The molecule has 0 saturated carbocycles. The molecule has 2 saturated heterocycles. The second-order valence-electron chi connectivity index (χ2n) is 16.3. The van der Waals surface area contributed by atoms with Crippen molar-refractivity contribution < 1.29 is 68.1 Å². The SMILES string of the molecule is CC[C@H](C)[C@H](N)C(=O)N1CCC[C@H]1C(=O)N[C@@H](CCC(=O)O)C(=O)N[C@@H](CC(N)=O)C(=O)N[C@@H](C)C(=O)N1CCC[C@H]1C(=O)N[C@H](C(=O)NCC(=O)N[C@H](C(=O)O)[C@@H](C)O)C(C)C. The Labute approximate surface area is 364 Å². The number of nitrogens with zero attached hydrogens (tertiary/aromatic N) is 2. The summed E-state index contributed by atoms with van der Waals surface area (Å²) in [5.41, 5.74) is 11.5. The van der Waals surface area contributed by atoms with E-state index in [0.717, 1.165) is 6.92 Å². The highest BCUT2D eigenvalue weighted by atomic mass is 16.4. The number of nitrogens with two attached hydrogens (primary N) is 2. The molecule has 0 radical (unpaired) electrons. The lowest BCUT2D eigenvalue weighted by molar-refractivity contribution is -0.144. The van der Waals surface area contributed by atoms with E-state index in [-0.39, 0.29) is 31.8 Å². The lowest BCUT2D eigenvalue weighted by atomic mass is 9.98. The Morgan fingerprint density at radius 2 is 1.24 bits per heavy atom. The second kappa shape index (κ2) is 24.7. The molecule has 2 heterocycles. The Morgan fingerprint density at radius 3 is 1.73 bits per heavy atom. The molecule has 0 aromatic carbocycles. The first-order valence-electron chi connectivity index (χ1n) is 21.0. The molecule has 354 valence electrons. The number of carboxylic acid groups (broad SMARTS) is 2. The number of primary amides is 1. The summed E-state index contributed by atoms with van der Waals surface area (Å²) in [6.45, 7) is 8.95. The summed E-state index contributed by atoms with van der Waals surface area (Å²) in [5, 5.41) is 42.3. The molecular weight excluding hydrogens is 832 g/mol. The number of aliphatic hydroxyl groups is 1. The molecule has 0 spiro atoms. The van der Waals surface area contributed by atoms with E-state index in [2.05, 4.69) is 31.9 Å². The zero-order chi connectivity index (χ0) is 47.9.